The van der Waals surface area contributed by atoms with Gasteiger partial charge in [0.2, 0.25) is 11.8 Å². The maximum Gasteiger partial charge on any atom is 0.323 e. The van der Waals surface area contributed by atoms with E-state index in [0.717, 1.165) is 0 Å². The fourth-order valence-corrected chi connectivity index (χ4v) is 6.45. The number of hydrogen-bond donors (Lipinski definition) is 3. The number of aromatic nitrogens is 4. The molecule has 2 aromatic heterocycles. The lowest BCUT2D eigenvalue weighted by atomic mass is 10.1. The van der Waals surface area contributed by atoms with Crippen LogP contribution in [0.1, 0.15) is 26.5 Å². The van der Waals surface area contributed by atoms with Gasteiger partial charge in [0.1, 0.15) is 24.6 Å². The second-order valence-electron chi connectivity index (χ2n) is 8.63. The van der Waals surface area contributed by atoms with Gasteiger partial charge in [-0.3, -0.25) is 9.36 Å². The van der Waals surface area contributed by atoms with Crippen molar-refractivity contribution in [1.82, 2.24) is 24.6 Å². The molecule has 0 bridgehead atoms. The van der Waals surface area contributed by atoms with Gasteiger partial charge in [-0.05, 0) is 30.9 Å². The van der Waals surface area contributed by atoms with Crippen LogP contribution in [0.15, 0.2) is 36.7 Å². The first-order valence-corrected chi connectivity index (χ1v) is 14.1. The zero-order chi connectivity index (χ0) is 26.8. The third-order valence-corrected chi connectivity index (χ3v) is 8.20. The van der Waals surface area contributed by atoms with Gasteiger partial charge in [0.05, 0.1) is 13.4 Å². The number of halogens is 1. The Kier molecular flexibility index (Phi) is 7.95. The molecule has 0 aliphatic carbocycles. The number of carbonyl (C=O) groups is 1. The molecule has 0 spiro atoms. The minimum Gasteiger partial charge on any atom is -0.468 e. The Balaban J connectivity index is 1.54. The van der Waals surface area contributed by atoms with E-state index in [1.807, 2.05) is 13.0 Å². The smallest absolute Gasteiger partial charge is 0.323 e. The van der Waals surface area contributed by atoms with Crippen molar-refractivity contribution in [3.63, 3.8) is 0 Å². The molecule has 1 saturated heterocycles. The molecule has 3 aromatic rings. The quantitative estimate of drug-likeness (QED) is 0.250. The number of nitrogen functional groups attached to an aromatic ring is 1. The van der Waals surface area contributed by atoms with E-state index in [2.05, 4.69) is 25.4 Å². The first-order chi connectivity index (χ1) is 17.6. The first-order valence-electron chi connectivity index (χ1n) is 11.5. The molecule has 1 aromatic carbocycles. The van der Waals surface area contributed by atoms with Gasteiger partial charge in [-0.1, -0.05) is 25.1 Å². The summed E-state index contributed by atoms with van der Waals surface area (Å²) in [5.41, 5.74) is 6.73. The molecule has 12 nitrogen and oxygen atoms in total. The molecule has 4 rings (SSSR count). The number of para-hydroxylation sites is 1. The standard InChI is InChI=1S/C22H29FN7O5PS/c1-13-10-22(23,34-19(13)30-12-26-16-17(25-3)27-21(24)28-18(16)30)11-33-36(37,29-14(2)20(31)32-4)35-15-8-6-5-7-9-15/h5-9,12-14,19H,10-11H2,1-4H3,(H,29,37)(H3,24,25,27,28)/t13-,14-,19+,22-,36-/m0/s1. The van der Waals surface area contributed by atoms with E-state index >= 15 is 4.39 Å². The Morgan fingerprint density at radius 1 is 1.41 bits per heavy atom. The van der Waals surface area contributed by atoms with Crippen LogP contribution in [0.25, 0.3) is 11.2 Å². The molecule has 200 valence electrons. The summed E-state index contributed by atoms with van der Waals surface area (Å²) < 4.78 is 40.0. The van der Waals surface area contributed by atoms with Crippen LogP contribution in [0.2, 0.25) is 0 Å². The highest BCUT2D eigenvalue weighted by atomic mass is 32.5. The molecular weight excluding hydrogens is 524 g/mol. The summed E-state index contributed by atoms with van der Waals surface area (Å²) in [5, 5.41) is 5.78. The molecular formula is C22H29FN7O5PS. The minimum absolute atomic E-state index is 0.00398. The summed E-state index contributed by atoms with van der Waals surface area (Å²) in [5.74, 6) is -2.15. The Bertz CT molecular complexity index is 1320. The second kappa shape index (κ2) is 10.8. The third-order valence-electron chi connectivity index (χ3n) is 5.72. The second-order valence-corrected chi connectivity index (χ2v) is 11.8. The van der Waals surface area contributed by atoms with Crippen molar-refractivity contribution in [1.29, 1.82) is 0 Å². The number of carbonyl (C=O) groups excluding carboxylic acids is 1. The number of anilines is 2. The summed E-state index contributed by atoms with van der Waals surface area (Å²) in [6.45, 7) is -0.559. The van der Waals surface area contributed by atoms with Crippen molar-refractivity contribution in [2.75, 3.05) is 31.8 Å². The molecule has 3 heterocycles. The average Bonchev–Trinajstić information content (AvgIpc) is 3.42. The summed E-state index contributed by atoms with van der Waals surface area (Å²) in [6.07, 6.45) is 0.771. The zero-order valence-electron chi connectivity index (χ0n) is 20.8. The number of hydrogen-bond acceptors (Lipinski definition) is 11. The molecule has 1 fully saturated rings. The van der Waals surface area contributed by atoms with Crippen molar-refractivity contribution >= 4 is 47.3 Å². The van der Waals surface area contributed by atoms with E-state index in [1.54, 1.807) is 42.8 Å². The van der Waals surface area contributed by atoms with Crippen molar-refractivity contribution < 1.29 is 27.7 Å². The Morgan fingerprint density at radius 3 is 2.81 bits per heavy atom. The summed E-state index contributed by atoms with van der Waals surface area (Å²) in [4.78, 5) is 24.7. The van der Waals surface area contributed by atoms with E-state index in [4.69, 9.17) is 36.1 Å². The summed E-state index contributed by atoms with van der Waals surface area (Å²) >= 11 is 5.63. The highest BCUT2D eigenvalue weighted by Crippen LogP contribution is 2.49. The van der Waals surface area contributed by atoms with Gasteiger partial charge >= 0.3 is 12.6 Å². The van der Waals surface area contributed by atoms with Crippen LogP contribution in [0.4, 0.5) is 16.2 Å². The van der Waals surface area contributed by atoms with Crippen molar-refractivity contribution in [3.8, 4) is 5.75 Å². The topological polar surface area (TPSA) is 148 Å². The Hall–Kier alpha value is -2.90. The van der Waals surface area contributed by atoms with Gasteiger partial charge in [-0.2, -0.15) is 9.97 Å². The Morgan fingerprint density at radius 2 is 2.14 bits per heavy atom. The van der Waals surface area contributed by atoms with Crippen LogP contribution in [0, 0.1) is 5.92 Å². The van der Waals surface area contributed by atoms with Crippen LogP contribution in [0.5, 0.6) is 5.75 Å². The predicted octanol–water partition coefficient (Wildman–Crippen LogP) is 3.14. The molecule has 0 unspecified atom stereocenters. The molecule has 5 atom stereocenters. The molecule has 1 aliphatic heterocycles. The summed E-state index contributed by atoms with van der Waals surface area (Å²) in [6, 6.07) is 7.84. The number of nitrogens with two attached hydrogens (primary N) is 1. The maximum atomic E-state index is 16.0. The SMILES string of the molecule is CNc1nc(N)nc2c1ncn2[C@@H]1O[C@](F)(CO[P@@](=S)(N[C@@H](C)C(=O)OC)Oc2ccccc2)C[C@@H]1C. The molecule has 0 amide bonds. The van der Waals surface area contributed by atoms with E-state index in [1.165, 1.54) is 13.4 Å². The molecule has 15 heteroatoms. The van der Waals surface area contributed by atoms with Crippen molar-refractivity contribution in [2.24, 2.45) is 5.92 Å². The van der Waals surface area contributed by atoms with Gasteiger partial charge in [0.25, 0.3) is 0 Å². The van der Waals surface area contributed by atoms with Crippen molar-refractivity contribution in [2.45, 2.75) is 38.4 Å². The predicted molar refractivity (Wildman–Crippen MR) is 139 cm³/mol. The van der Waals surface area contributed by atoms with Gasteiger partial charge in [0, 0.05) is 19.4 Å². The number of nitrogens with one attached hydrogen (secondary N) is 2. The zero-order valence-corrected chi connectivity index (χ0v) is 22.5. The molecule has 0 saturated carbocycles. The van der Waals surface area contributed by atoms with Crippen LogP contribution < -0.4 is 20.7 Å². The van der Waals surface area contributed by atoms with Crippen LogP contribution >= 0.6 is 6.64 Å². The van der Waals surface area contributed by atoms with Gasteiger partial charge in [-0.25, -0.2) is 14.5 Å². The minimum atomic E-state index is -3.42. The lowest BCUT2D eigenvalue weighted by Crippen LogP contribution is -2.36. The number of alkyl halides is 1. The number of rotatable bonds is 10. The number of methoxy groups -OCH3 is 1. The first kappa shape index (κ1) is 27.1. The number of benzene rings is 1. The van der Waals surface area contributed by atoms with E-state index in [-0.39, 0.29) is 18.3 Å². The maximum absolute atomic E-state index is 16.0. The lowest BCUT2D eigenvalue weighted by molar-refractivity contribution is -0.172. The molecule has 37 heavy (non-hydrogen) atoms. The van der Waals surface area contributed by atoms with Gasteiger partial charge in [0.15, 0.2) is 17.0 Å². The van der Waals surface area contributed by atoms with E-state index in [9.17, 15) is 4.79 Å². The Labute approximate surface area is 218 Å². The molecule has 1 aliphatic rings. The number of ether oxygens (including phenoxy) is 2. The number of imidazole rings is 1. The van der Waals surface area contributed by atoms with Crippen LogP contribution in [0.3, 0.4) is 0 Å². The van der Waals surface area contributed by atoms with E-state index in [0.29, 0.717) is 22.7 Å². The fraction of sp³-hybridized carbons (Fsp3) is 0.455. The normalized spacial score (nSPS) is 23.9. The summed E-state index contributed by atoms with van der Waals surface area (Å²) in [7, 11) is 2.95. The van der Waals surface area contributed by atoms with Gasteiger partial charge < -0.3 is 29.6 Å². The van der Waals surface area contributed by atoms with Crippen molar-refractivity contribution in [3.05, 3.63) is 36.7 Å². The van der Waals surface area contributed by atoms with Crippen LogP contribution in [-0.4, -0.2) is 58.1 Å². The number of fused-ring (bicyclic) bond motifs is 1. The van der Waals surface area contributed by atoms with E-state index < -0.39 is 37.3 Å². The molecule has 0 radical (unpaired) electrons. The number of nitrogens with zero attached hydrogens (tertiary/aromatic N) is 4. The fourth-order valence-electron chi connectivity index (χ4n) is 4.04. The van der Waals surface area contributed by atoms with Gasteiger partial charge in [-0.15, -0.1) is 0 Å². The average molecular weight is 554 g/mol. The highest BCUT2D eigenvalue weighted by molar-refractivity contribution is 8.09. The third kappa shape index (κ3) is 5.99. The number of esters is 1. The highest BCUT2D eigenvalue weighted by Gasteiger charge is 2.48. The monoisotopic (exact) mass is 553 g/mol. The largest absolute Gasteiger partial charge is 0.468 e. The lowest BCUT2D eigenvalue weighted by Gasteiger charge is -2.29. The molecule has 4 N–H and O–H groups in total. The van der Waals surface area contributed by atoms with Crippen LogP contribution in [-0.2, 0) is 30.6 Å².